The first-order chi connectivity index (χ1) is 10.0. The summed E-state index contributed by atoms with van der Waals surface area (Å²) in [5, 5.41) is 5.99. The molecule has 1 aromatic heterocycles. The minimum absolute atomic E-state index is 0.160. The van der Waals surface area contributed by atoms with Gasteiger partial charge >= 0.3 is 0 Å². The van der Waals surface area contributed by atoms with Crippen LogP contribution in [0.4, 0.5) is 11.5 Å². The lowest BCUT2D eigenvalue weighted by Gasteiger charge is -2.10. The first-order valence-corrected chi connectivity index (χ1v) is 7.58. The number of pyridine rings is 1. The van der Waals surface area contributed by atoms with E-state index in [4.69, 9.17) is 0 Å². The number of amides is 1. The molecular weight excluding hydrogens is 330 g/mol. The summed E-state index contributed by atoms with van der Waals surface area (Å²) < 4.78 is 1.07. The number of anilines is 2. The summed E-state index contributed by atoms with van der Waals surface area (Å²) in [6.07, 6.45) is 1.58. The van der Waals surface area contributed by atoms with Crippen molar-refractivity contribution in [1.29, 1.82) is 0 Å². The van der Waals surface area contributed by atoms with Gasteiger partial charge in [0.25, 0.3) is 5.91 Å². The number of nitrogens with zero attached hydrogens (tertiary/aromatic N) is 1. The Morgan fingerprint density at radius 1 is 1.24 bits per heavy atom. The molecule has 0 aliphatic carbocycles. The van der Waals surface area contributed by atoms with E-state index in [9.17, 15) is 4.79 Å². The van der Waals surface area contributed by atoms with Crippen LogP contribution in [0.3, 0.4) is 0 Å². The van der Waals surface area contributed by atoms with Crippen molar-refractivity contribution in [2.75, 3.05) is 17.2 Å². The number of carbonyl (C=O) groups is 1. The van der Waals surface area contributed by atoms with Crippen LogP contribution in [0.25, 0.3) is 0 Å². The molecule has 1 heterocycles. The van der Waals surface area contributed by atoms with Crippen LogP contribution in [0.15, 0.2) is 34.9 Å². The van der Waals surface area contributed by atoms with Crippen molar-refractivity contribution < 1.29 is 4.79 Å². The van der Waals surface area contributed by atoms with Gasteiger partial charge in [-0.3, -0.25) is 4.79 Å². The van der Waals surface area contributed by atoms with Gasteiger partial charge in [0.05, 0.1) is 5.56 Å². The highest BCUT2D eigenvalue weighted by Crippen LogP contribution is 2.25. The van der Waals surface area contributed by atoms with Gasteiger partial charge in [-0.1, -0.05) is 15.9 Å². The third kappa shape index (κ3) is 3.82. The maximum Gasteiger partial charge on any atom is 0.257 e. The van der Waals surface area contributed by atoms with E-state index in [1.54, 1.807) is 18.3 Å². The number of nitrogens with one attached hydrogen (secondary N) is 2. The van der Waals surface area contributed by atoms with Crippen molar-refractivity contribution >= 4 is 33.3 Å². The number of halogens is 1. The molecule has 5 heteroatoms. The highest BCUT2D eigenvalue weighted by molar-refractivity contribution is 9.10. The van der Waals surface area contributed by atoms with Crippen molar-refractivity contribution in [3.05, 3.63) is 51.6 Å². The fraction of sp³-hybridized carbons (Fsp3) is 0.250. The Hall–Kier alpha value is -1.88. The van der Waals surface area contributed by atoms with E-state index in [1.165, 1.54) is 0 Å². The average molecular weight is 348 g/mol. The van der Waals surface area contributed by atoms with E-state index >= 15 is 0 Å². The Labute approximate surface area is 133 Å². The maximum atomic E-state index is 12.2. The van der Waals surface area contributed by atoms with Gasteiger partial charge < -0.3 is 10.6 Å². The SMILES string of the molecule is CCNc1ccc(C(=O)Nc2cc(C)c(Br)c(C)c2)cn1. The molecule has 0 radical (unpaired) electrons. The fourth-order valence-corrected chi connectivity index (χ4v) is 2.26. The average Bonchev–Trinajstić information content (AvgIpc) is 2.45. The zero-order chi connectivity index (χ0) is 15.4. The predicted molar refractivity (Wildman–Crippen MR) is 90.0 cm³/mol. The third-order valence-corrected chi connectivity index (χ3v) is 4.33. The zero-order valence-corrected chi connectivity index (χ0v) is 13.9. The summed E-state index contributed by atoms with van der Waals surface area (Å²) in [4.78, 5) is 16.4. The van der Waals surface area contributed by atoms with Gasteiger partial charge in [-0.15, -0.1) is 0 Å². The lowest BCUT2D eigenvalue weighted by atomic mass is 10.1. The summed E-state index contributed by atoms with van der Waals surface area (Å²) in [5.74, 6) is 0.607. The minimum atomic E-state index is -0.160. The number of aromatic nitrogens is 1. The molecule has 0 aliphatic rings. The number of benzene rings is 1. The Balaban J connectivity index is 2.14. The van der Waals surface area contributed by atoms with Gasteiger partial charge in [0, 0.05) is 22.9 Å². The molecule has 0 unspecified atom stereocenters. The largest absolute Gasteiger partial charge is 0.370 e. The van der Waals surface area contributed by atoms with E-state index < -0.39 is 0 Å². The molecule has 2 rings (SSSR count). The lowest BCUT2D eigenvalue weighted by Crippen LogP contribution is -2.13. The standard InChI is InChI=1S/C16H18BrN3O/c1-4-18-14-6-5-12(9-19-14)16(21)20-13-7-10(2)15(17)11(3)8-13/h5-9H,4H2,1-3H3,(H,18,19)(H,20,21). The molecule has 0 bridgehead atoms. The predicted octanol–water partition coefficient (Wildman–Crippen LogP) is 4.15. The quantitative estimate of drug-likeness (QED) is 0.873. The van der Waals surface area contributed by atoms with Crippen molar-refractivity contribution in [2.45, 2.75) is 20.8 Å². The zero-order valence-electron chi connectivity index (χ0n) is 12.3. The molecule has 1 amide bonds. The Morgan fingerprint density at radius 2 is 1.90 bits per heavy atom. The Morgan fingerprint density at radius 3 is 2.43 bits per heavy atom. The van der Waals surface area contributed by atoms with Crippen LogP contribution in [0, 0.1) is 13.8 Å². The number of hydrogen-bond acceptors (Lipinski definition) is 3. The van der Waals surface area contributed by atoms with Gasteiger partial charge in [0.1, 0.15) is 5.82 Å². The van der Waals surface area contributed by atoms with Crippen LogP contribution in [-0.4, -0.2) is 17.4 Å². The number of carbonyl (C=O) groups excluding carboxylic acids is 1. The summed E-state index contributed by atoms with van der Waals surface area (Å²) in [7, 11) is 0. The van der Waals surface area contributed by atoms with Crippen molar-refractivity contribution in [3.63, 3.8) is 0 Å². The summed E-state index contributed by atoms with van der Waals surface area (Å²) in [5.41, 5.74) is 3.50. The molecule has 4 nitrogen and oxygen atoms in total. The molecule has 0 atom stereocenters. The maximum absolute atomic E-state index is 12.2. The lowest BCUT2D eigenvalue weighted by molar-refractivity contribution is 0.102. The summed E-state index contributed by atoms with van der Waals surface area (Å²) in [6.45, 7) is 6.80. The van der Waals surface area contributed by atoms with Gasteiger partial charge in [-0.2, -0.15) is 0 Å². The monoisotopic (exact) mass is 347 g/mol. The summed E-state index contributed by atoms with van der Waals surface area (Å²) in [6, 6.07) is 7.44. The van der Waals surface area contributed by atoms with Gasteiger partial charge in [-0.05, 0) is 56.2 Å². The molecule has 21 heavy (non-hydrogen) atoms. The minimum Gasteiger partial charge on any atom is -0.370 e. The topological polar surface area (TPSA) is 54.0 Å². The normalized spacial score (nSPS) is 10.3. The van der Waals surface area contributed by atoms with E-state index in [1.807, 2.05) is 32.9 Å². The van der Waals surface area contributed by atoms with Crippen LogP contribution in [-0.2, 0) is 0 Å². The molecule has 2 aromatic rings. The second-order valence-corrected chi connectivity index (χ2v) is 5.63. The van der Waals surface area contributed by atoms with E-state index in [-0.39, 0.29) is 5.91 Å². The fourth-order valence-electron chi connectivity index (χ4n) is 2.04. The van der Waals surface area contributed by atoms with Crippen molar-refractivity contribution in [1.82, 2.24) is 4.98 Å². The van der Waals surface area contributed by atoms with Crippen LogP contribution in [0.5, 0.6) is 0 Å². The highest BCUT2D eigenvalue weighted by atomic mass is 79.9. The first-order valence-electron chi connectivity index (χ1n) is 6.79. The summed E-state index contributed by atoms with van der Waals surface area (Å²) >= 11 is 3.52. The van der Waals surface area contributed by atoms with Crippen molar-refractivity contribution in [2.24, 2.45) is 0 Å². The van der Waals surface area contributed by atoms with Crippen LogP contribution >= 0.6 is 15.9 Å². The van der Waals surface area contributed by atoms with E-state index in [0.717, 1.165) is 33.6 Å². The third-order valence-electron chi connectivity index (χ3n) is 3.08. The molecule has 0 saturated heterocycles. The van der Waals surface area contributed by atoms with Gasteiger partial charge in [-0.25, -0.2) is 4.98 Å². The molecule has 0 aliphatic heterocycles. The molecule has 110 valence electrons. The molecule has 0 fully saturated rings. The number of aryl methyl sites for hydroxylation is 2. The first kappa shape index (κ1) is 15.5. The molecule has 1 aromatic carbocycles. The second kappa shape index (κ2) is 6.72. The smallest absolute Gasteiger partial charge is 0.257 e. The van der Waals surface area contributed by atoms with Crippen molar-refractivity contribution in [3.8, 4) is 0 Å². The van der Waals surface area contributed by atoms with Gasteiger partial charge in [0.15, 0.2) is 0 Å². The highest BCUT2D eigenvalue weighted by Gasteiger charge is 2.09. The molecule has 0 spiro atoms. The Bertz CT molecular complexity index is 630. The molecule has 0 saturated carbocycles. The molecule has 2 N–H and O–H groups in total. The van der Waals surface area contributed by atoms with Gasteiger partial charge in [0.2, 0.25) is 0 Å². The van der Waals surface area contributed by atoms with Crippen LogP contribution in [0.2, 0.25) is 0 Å². The van der Waals surface area contributed by atoms with Crippen LogP contribution in [0.1, 0.15) is 28.4 Å². The van der Waals surface area contributed by atoms with E-state index in [2.05, 4.69) is 31.5 Å². The van der Waals surface area contributed by atoms with Crippen LogP contribution < -0.4 is 10.6 Å². The molecular formula is C16H18BrN3O. The van der Waals surface area contributed by atoms with E-state index in [0.29, 0.717) is 5.56 Å². The number of hydrogen-bond donors (Lipinski definition) is 2. The Kier molecular flexibility index (Phi) is 4.96. The second-order valence-electron chi connectivity index (χ2n) is 4.84. The number of rotatable bonds is 4.